The van der Waals surface area contributed by atoms with Crippen LogP contribution >= 0.6 is 15.9 Å². The Bertz CT molecular complexity index is 538. The number of carbonyl (C=O) groups excluding carboxylic acids is 2. The van der Waals surface area contributed by atoms with E-state index < -0.39 is 17.7 Å². The zero-order valence-electron chi connectivity index (χ0n) is 12.0. The molecule has 0 saturated heterocycles. The number of hydrogen-bond acceptors (Lipinski definition) is 5. The van der Waals surface area contributed by atoms with Crippen molar-refractivity contribution >= 4 is 33.8 Å². The van der Waals surface area contributed by atoms with E-state index in [-0.39, 0.29) is 5.82 Å². The quantitative estimate of drug-likeness (QED) is 0.833. The first kappa shape index (κ1) is 16.4. The van der Waals surface area contributed by atoms with Gasteiger partial charge in [0.05, 0.1) is 22.8 Å². The fourth-order valence-electron chi connectivity index (χ4n) is 1.39. The molecule has 0 saturated carbocycles. The van der Waals surface area contributed by atoms with E-state index in [0.29, 0.717) is 15.7 Å². The lowest BCUT2D eigenvalue weighted by molar-refractivity contribution is 0.0597. The minimum atomic E-state index is -0.615. The highest BCUT2D eigenvalue weighted by atomic mass is 79.9. The van der Waals surface area contributed by atoms with Crippen molar-refractivity contribution in [2.45, 2.75) is 33.3 Å². The summed E-state index contributed by atoms with van der Waals surface area (Å²) in [5.74, 6) is -0.205. The normalized spacial score (nSPS) is 10.9. The van der Waals surface area contributed by atoms with Crippen LogP contribution in [0.5, 0.6) is 0 Å². The molecule has 110 valence electrons. The van der Waals surface area contributed by atoms with Crippen LogP contribution in [-0.2, 0) is 9.47 Å². The summed E-state index contributed by atoms with van der Waals surface area (Å²) in [6, 6.07) is 1.54. The van der Waals surface area contributed by atoms with E-state index in [0.717, 1.165) is 0 Å². The number of nitrogens with zero attached hydrogens (tertiary/aromatic N) is 1. The highest BCUT2D eigenvalue weighted by Crippen LogP contribution is 2.24. The molecule has 7 heteroatoms. The fraction of sp³-hybridized carbons (Fsp3) is 0.462. The van der Waals surface area contributed by atoms with Gasteiger partial charge in [0, 0.05) is 0 Å². The second kappa shape index (κ2) is 6.21. The number of ether oxygens (including phenoxy) is 2. The maximum Gasteiger partial charge on any atom is 0.413 e. The van der Waals surface area contributed by atoms with Crippen LogP contribution in [0.15, 0.2) is 10.5 Å². The minimum Gasteiger partial charge on any atom is -0.465 e. The number of nitrogens with one attached hydrogen (secondary N) is 1. The number of aryl methyl sites for hydroxylation is 1. The van der Waals surface area contributed by atoms with Crippen molar-refractivity contribution in [3.8, 4) is 0 Å². The van der Waals surface area contributed by atoms with Gasteiger partial charge in [-0.15, -0.1) is 0 Å². The third-order valence-electron chi connectivity index (χ3n) is 2.19. The predicted octanol–water partition coefficient (Wildman–Crippen LogP) is 3.29. The number of amides is 1. The summed E-state index contributed by atoms with van der Waals surface area (Å²) in [7, 11) is 1.29. The van der Waals surface area contributed by atoms with E-state index >= 15 is 0 Å². The molecule has 1 N–H and O–H groups in total. The Morgan fingerprint density at radius 3 is 2.45 bits per heavy atom. The number of hydrogen-bond donors (Lipinski definition) is 1. The van der Waals surface area contributed by atoms with Crippen LogP contribution in [0.4, 0.5) is 10.6 Å². The Labute approximate surface area is 126 Å². The van der Waals surface area contributed by atoms with E-state index in [4.69, 9.17) is 4.74 Å². The van der Waals surface area contributed by atoms with Crippen LogP contribution in [0.25, 0.3) is 0 Å². The molecule has 0 aliphatic heterocycles. The Morgan fingerprint density at radius 1 is 1.35 bits per heavy atom. The summed E-state index contributed by atoms with van der Waals surface area (Å²) in [5, 5.41) is 2.52. The van der Waals surface area contributed by atoms with Crippen LogP contribution in [-0.4, -0.2) is 29.8 Å². The van der Waals surface area contributed by atoms with Crippen LogP contribution in [0, 0.1) is 6.92 Å². The first-order valence-corrected chi connectivity index (χ1v) is 6.69. The van der Waals surface area contributed by atoms with Crippen molar-refractivity contribution in [2.24, 2.45) is 0 Å². The van der Waals surface area contributed by atoms with Crippen LogP contribution in [0.1, 0.15) is 36.8 Å². The summed E-state index contributed by atoms with van der Waals surface area (Å²) in [4.78, 5) is 27.3. The summed E-state index contributed by atoms with van der Waals surface area (Å²) in [6.07, 6.45) is -0.615. The number of esters is 1. The molecular weight excluding hydrogens is 328 g/mol. The monoisotopic (exact) mass is 344 g/mol. The van der Waals surface area contributed by atoms with E-state index in [2.05, 4.69) is 31.0 Å². The largest absolute Gasteiger partial charge is 0.465 e. The lowest BCUT2D eigenvalue weighted by atomic mass is 10.2. The first-order valence-electron chi connectivity index (χ1n) is 5.89. The Morgan fingerprint density at radius 2 is 1.95 bits per heavy atom. The number of rotatable bonds is 2. The summed E-state index contributed by atoms with van der Waals surface area (Å²) in [5.41, 5.74) is 0.178. The smallest absolute Gasteiger partial charge is 0.413 e. The molecule has 0 unspecified atom stereocenters. The second-order valence-electron chi connectivity index (χ2n) is 5.07. The molecule has 1 aromatic heterocycles. The molecule has 0 spiro atoms. The molecule has 0 aromatic carbocycles. The summed E-state index contributed by atoms with van der Waals surface area (Å²) in [6.45, 7) is 6.95. The van der Waals surface area contributed by atoms with Gasteiger partial charge in [-0.05, 0) is 49.7 Å². The molecule has 0 bridgehead atoms. The lowest BCUT2D eigenvalue weighted by Gasteiger charge is -2.20. The highest BCUT2D eigenvalue weighted by molar-refractivity contribution is 9.10. The number of carbonyl (C=O) groups is 2. The average molecular weight is 345 g/mol. The average Bonchev–Trinajstić information content (AvgIpc) is 2.30. The SMILES string of the molecule is COC(=O)c1cc(Br)c(NC(=O)OC(C)(C)C)nc1C. The molecule has 1 aromatic rings. The molecule has 1 heterocycles. The third-order valence-corrected chi connectivity index (χ3v) is 2.80. The highest BCUT2D eigenvalue weighted by Gasteiger charge is 2.19. The van der Waals surface area contributed by atoms with Crippen LogP contribution < -0.4 is 5.32 Å². The van der Waals surface area contributed by atoms with Crippen molar-refractivity contribution in [3.63, 3.8) is 0 Å². The van der Waals surface area contributed by atoms with Gasteiger partial charge >= 0.3 is 12.1 Å². The van der Waals surface area contributed by atoms with Crippen molar-refractivity contribution in [2.75, 3.05) is 12.4 Å². The maximum atomic E-state index is 11.7. The zero-order chi connectivity index (χ0) is 15.5. The number of methoxy groups -OCH3 is 1. The molecule has 20 heavy (non-hydrogen) atoms. The first-order chi connectivity index (χ1) is 9.14. The van der Waals surface area contributed by atoms with E-state index in [9.17, 15) is 9.59 Å². The van der Waals surface area contributed by atoms with E-state index in [1.807, 2.05) is 0 Å². The fourth-order valence-corrected chi connectivity index (χ4v) is 1.80. The van der Waals surface area contributed by atoms with Crippen LogP contribution in [0.2, 0.25) is 0 Å². The molecule has 0 aliphatic carbocycles. The van der Waals surface area contributed by atoms with Crippen molar-refractivity contribution in [3.05, 3.63) is 21.8 Å². The molecule has 1 rings (SSSR count). The Kier molecular flexibility index (Phi) is 5.10. The van der Waals surface area contributed by atoms with Gasteiger partial charge in [0.2, 0.25) is 0 Å². The molecule has 0 radical (unpaired) electrons. The van der Waals surface area contributed by atoms with Crippen molar-refractivity contribution < 1.29 is 19.1 Å². The van der Waals surface area contributed by atoms with Gasteiger partial charge in [-0.2, -0.15) is 0 Å². The Hall–Kier alpha value is -1.63. The van der Waals surface area contributed by atoms with Crippen molar-refractivity contribution in [1.29, 1.82) is 0 Å². The van der Waals surface area contributed by atoms with Gasteiger partial charge in [-0.25, -0.2) is 14.6 Å². The molecule has 1 amide bonds. The summed E-state index contributed by atoms with van der Waals surface area (Å²) < 4.78 is 10.2. The van der Waals surface area contributed by atoms with Gasteiger partial charge in [0.15, 0.2) is 0 Å². The van der Waals surface area contributed by atoms with Crippen LogP contribution in [0.3, 0.4) is 0 Å². The van der Waals surface area contributed by atoms with Crippen molar-refractivity contribution in [1.82, 2.24) is 4.98 Å². The predicted molar refractivity (Wildman–Crippen MR) is 77.9 cm³/mol. The molecule has 0 fully saturated rings. The van der Waals surface area contributed by atoms with E-state index in [1.54, 1.807) is 33.8 Å². The third kappa shape index (κ3) is 4.48. The molecule has 0 atom stereocenters. The van der Waals surface area contributed by atoms with E-state index in [1.165, 1.54) is 7.11 Å². The number of aromatic nitrogens is 1. The second-order valence-corrected chi connectivity index (χ2v) is 5.92. The Balaban J connectivity index is 2.96. The molecule has 0 aliphatic rings. The topological polar surface area (TPSA) is 77.5 Å². The number of halogens is 1. The number of anilines is 1. The summed E-state index contributed by atoms with van der Waals surface area (Å²) >= 11 is 3.25. The van der Waals surface area contributed by atoms with Gasteiger partial charge in [-0.3, -0.25) is 5.32 Å². The van der Waals surface area contributed by atoms with Gasteiger partial charge in [0.25, 0.3) is 0 Å². The van der Waals surface area contributed by atoms with Gasteiger partial charge < -0.3 is 9.47 Å². The van der Waals surface area contributed by atoms with Gasteiger partial charge in [-0.1, -0.05) is 0 Å². The van der Waals surface area contributed by atoms with Gasteiger partial charge in [0.1, 0.15) is 11.4 Å². The zero-order valence-corrected chi connectivity index (χ0v) is 13.6. The standard InChI is InChI=1S/C13H17BrN2O4/c1-7-8(11(17)19-5)6-9(14)10(15-7)16-12(18)20-13(2,3)4/h6H,1-5H3,(H,15,16,18). The molecule has 6 nitrogen and oxygen atoms in total. The molecular formula is C13H17BrN2O4. The lowest BCUT2D eigenvalue weighted by Crippen LogP contribution is -2.27. The minimum absolute atomic E-state index is 0.282. The number of pyridine rings is 1. The maximum absolute atomic E-state index is 11.7.